The molecular formula is C17H27NO2. The summed E-state index contributed by atoms with van der Waals surface area (Å²) in [6, 6.07) is 2.06. The molecule has 1 heterocycles. The van der Waals surface area contributed by atoms with Gasteiger partial charge in [0, 0.05) is 0 Å². The summed E-state index contributed by atoms with van der Waals surface area (Å²) in [7, 11) is 0. The molecule has 3 unspecified atom stereocenters. The minimum absolute atomic E-state index is 0.315. The highest BCUT2D eigenvalue weighted by Crippen LogP contribution is 2.66. The van der Waals surface area contributed by atoms with Crippen molar-refractivity contribution in [3.8, 4) is 0 Å². The largest absolute Gasteiger partial charge is 0.462 e. The number of hydrogen-bond donors (Lipinski definition) is 1. The molecule has 3 heteroatoms. The summed E-state index contributed by atoms with van der Waals surface area (Å²) in [6.07, 6.45) is 4.22. The van der Waals surface area contributed by atoms with Gasteiger partial charge >= 0.3 is 0 Å². The van der Waals surface area contributed by atoms with Gasteiger partial charge in [-0.25, -0.2) is 0 Å². The van der Waals surface area contributed by atoms with E-state index in [1.807, 2.05) is 6.92 Å². The zero-order valence-electron chi connectivity index (χ0n) is 13.2. The van der Waals surface area contributed by atoms with E-state index in [1.165, 1.54) is 19.3 Å². The first-order chi connectivity index (χ1) is 9.38. The molecule has 2 bridgehead atoms. The number of hydrogen-bond acceptors (Lipinski definition) is 3. The minimum atomic E-state index is 0.315. The molecule has 1 aromatic rings. The van der Waals surface area contributed by atoms with Gasteiger partial charge in [0.2, 0.25) is 0 Å². The molecule has 0 aliphatic heterocycles. The van der Waals surface area contributed by atoms with Crippen molar-refractivity contribution < 1.29 is 9.15 Å². The van der Waals surface area contributed by atoms with E-state index in [9.17, 15) is 0 Å². The van der Waals surface area contributed by atoms with Gasteiger partial charge in [0.15, 0.2) is 0 Å². The van der Waals surface area contributed by atoms with Crippen LogP contribution in [-0.2, 0) is 17.9 Å². The molecule has 3 rings (SSSR count). The summed E-state index contributed by atoms with van der Waals surface area (Å²) in [6.45, 7) is 10.3. The van der Waals surface area contributed by atoms with E-state index in [2.05, 4.69) is 26.8 Å². The van der Waals surface area contributed by atoms with Crippen LogP contribution in [0.2, 0.25) is 0 Å². The fraction of sp³-hybridized carbons (Fsp3) is 0.765. The zero-order valence-corrected chi connectivity index (χ0v) is 13.2. The number of aryl methyl sites for hydroxylation is 1. The van der Waals surface area contributed by atoms with E-state index in [-0.39, 0.29) is 0 Å². The van der Waals surface area contributed by atoms with E-state index in [4.69, 9.17) is 14.9 Å². The van der Waals surface area contributed by atoms with Crippen molar-refractivity contribution in [3.63, 3.8) is 0 Å². The summed E-state index contributed by atoms with van der Waals surface area (Å²) in [5, 5.41) is 0. The van der Waals surface area contributed by atoms with Gasteiger partial charge < -0.3 is 14.9 Å². The van der Waals surface area contributed by atoms with Gasteiger partial charge in [-0.1, -0.05) is 20.8 Å². The lowest BCUT2D eigenvalue weighted by Crippen LogP contribution is -2.37. The Balaban J connectivity index is 1.68. The Bertz CT molecular complexity index is 505. The Labute approximate surface area is 121 Å². The quantitative estimate of drug-likeness (QED) is 0.911. The zero-order chi connectivity index (χ0) is 14.5. The summed E-state index contributed by atoms with van der Waals surface area (Å²) < 4.78 is 12.0. The van der Waals surface area contributed by atoms with Crippen LogP contribution in [0.15, 0.2) is 10.5 Å². The standard InChI is InChI=1S/C17H27NO2/c1-11-7-13(20-14(11)9-18)10-19-15-8-12-5-6-17(15,4)16(12,2)3/h7,12,15H,5-6,8-10,18H2,1-4H3. The third-order valence-corrected chi connectivity index (χ3v) is 6.40. The van der Waals surface area contributed by atoms with Crippen molar-refractivity contribution in [1.29, 1.82) is 0 Å². The maximum Gasteiger partial charge on any atom is 0.130 e. The Kier molecular flexibility index (Phi) is 3.26. The molecule has 2 N–H and O–H groups in total. The molecule has 2 aliphatic carbocycles. The molecule has 1 aromatic heterocycles. The molecule has 2 saturated carbocycles. The summed E-state index contributed by atoms with van der Waals surface area (Å²) in [5.74, 6) is 2.60. The van der Waals surface area contributed by atoms with Crippen molar-refractivity contribution >= 4 is 0 Å². The first-order valence-electron chi connectivity index (χ1n) is 7.78. The molecule has 20 heavy (non-hydrogen) atoms. The number of nitrogens with two attached hydrogens (primary N) is 1. The van der Waals surface area contributed by atoms with Crippen LogP contribution in [0.3, 0.4) is 0 Å². The molecule has 0 amide bonds. The lowest BCUT2D eigenvalue weighted by Gasteiger charge is -2.38. The average Bonchev–Trinajstić information content (AvgIpc) is 2.93. The first kappa shape index (κ1) is 14.2. The maximum atomic E-state index is 6.24. The molecule has 112 valence electrons. The highest BCUT2D eigenvalue weighted by molar-refractivity contribution is 5.19. The fourth-order valence-corrected chi connectivity index (χ4v) is 4.43. The number of rotatable bonds is 4. The van der Waals surface area contributed by atoms with Crippen LogP contribution in [0, 0.1) is 23.7 Å². The summed E-state index contributed by atoms with van der Waals surface area (Å²) in [4.78, 5) is 0. The van der Waals surface area contributed by atoms with Crippen LogP contribution in [0.5, 0.6) is 0 Å². The average molecular weight is 277 g/mol. The van der Waals surface area contributed by atoms with Gasteiger partial charge in [-0.05, 0) is 54.6 Å². The van der Waals surface area contributed by atoms with Gasteiger partial charge in [-0.3, -0.25) is 0 Å². The molecule has 3 nitrogen and oxygen atoms in total. The topological polar surface area (TPSA) is 48.4 Å². The monoisotopic (exact) mass is 277 g/mol. The van der Waals surface area contributed by atoms with E-state index < -0.39 is 0 Å². The van der Waals surface area contributed by atoms with Crippen LogP contribution in [-0.4, -0.2) is 6.10 Å². The third kappa shape index (κ3) is 1.86. The predicted octanol–water partition coefficient (Wildman–Crippen LogP) is 3.78. The molecule has 0 aromatic carbocycles. The van der Waals surface area contributed by atoms with E-state index >= 15 is 0 Å². The number of furan rings is 1. The molecule has 0 radical (unpaired) electrons. The maximum absolute atomic E-state index is 6.24. The number of ether oxygens (including phenoxy) is 1. The van der Waals surface area contributed by atoms with Gasteiger partial charge in [-0.2, -0.15) is 0 Å². The van der Waals surface area contributed by atoms with E-state index in [0.717, 1.165) is 23.0 Å². The van der Waals surface area contributed by atoms with Crippen LogP contribution in [0.1, 0.15) is 57.1 Å². The number of fused-ring (bicyclic) bond motifs is 2. The van der Waals surface area contributed by atoms with Crippen LogP contribution in [0.25, 0.3) is 0 Å². The second-order valence-corrected chi connectivity index (χ2v) is 7.43. The fourth-order valence-electron chi connectivity index (χ4n) is 4.43. The lowest BCUT2D eigenvalue weighted by atomic mass is 9.70. The molecule has 0 saturated heterocycles. The van der Waals surface area contributed by atoms with Crippen molar-refractivity contribution in [3.05, 3.63) is 23.2 Å². The van der Waals surface area contributed by atoms with Gasteiger partial charge in [0.25, 0.3) is 0 Å². The second-order valence-electron chi connectivity index (χ2n) is 7.43. The van der Waals surface area contributed by atoms with E-state index in [0.29, 0.717) is 30.1 Å². The van der Waals surface area contributed by atoms with E-state index in [1.54, 1.807) is 0 Å². The van der Waals surface area contributed by atoms with Crippen molar-refractivity contribution in [2.75, 3.05) is 0 Å². The summed E-state index contributed by atoms with van der Waals surface area (Å²) >= 11 is 0. The second kappa shape index (κ2) is 4.60. The SMILES string of the molecule is Cc1cc(COC2CC3CCC2(C)C3(C)C)oc1CN. The van der Waals surface area contributed by atoms with Gasteiger partial charge in [0.1, 0.15) is 18.1 Å². The highest BCUT2D eigenvalue weighted by atomic mass is 16.5. The third-order valence-electron chi connectivity index (χ3n) is 6.40. The first-order valence-corrected chi connectivity index (χ1v) is 7.78. The van der Waals surface area contributed by atoms with Gasteiger partial charge in [0.05, 0.1) is 12.6 Å². The molecule has 3 atom stereocenters. The predicted molar refractivity (Wildman–Crippen MR) is 79.1 cm³/mol. The van der Waals surface area contributed by atoms with Crippen molar-refractivity contribution in [2.24, 2.45) is 22.5 Å². The minimum Gasteiger partial charge on any atom is -0.462 e. The van der Waals surface area contributed by atoms with Gasteiger partial charge in [-0.15, -0.1) is 0 Å². The smallest absolute Gasteiger partial charge is 0.130 e. The van der Waals surface area contributed by atoms with Crippen LogP contribution < -0.4 is 5.73 Å². The lowest BCUT2D eigenvalue weighted by molar-refractivity contribution is -0.0598. The van der Waals surface area contributed by atoms with Crippen LogP contribution >= 0.6 is 0 Å². The molecule has 2 fully saturated rings. The Hall–Kier alpha value is -0.800. The molecule has 2 aliphatic rings. The van der Waals surface area contributed by atoms with Crippen molar-refractivity contribution in [1.82, 2.24) is 0 Å². The highest BCUT2D eigenvalue weighted by Gasteiger charge is 2.61. The summed E-state index contributed by atoms with van der Waals surface area (Å²) in [5.41, 5.74) is 7.50. The van der Waals surface area contributed by atoms with Crippen molar-refractivity contribution in [2.45, 2.75) is 66.2 Å². The Morgan fingerprint density at radius 1 is 1.40 bits per heavy atom. The molecule has 0 spiro atoms. The Morgan fingerprint density at radius 3 is 2.65 bits per heavy atom. The van der Waals surface area contributed by atoms with Crippen LogP contribution in [0.4, 0.5) is 0 Å². The normalized spacial score (nSPS) is 34.9. The molecular weight excluding hydrogens is 250 g/mol. The Morgan fingerprint density at radius 2 is 2.15 bits per heavy atom.